The number of carbonyl (C=O) groups excluding carboxylic acids is 1. The minimum Gasteiger partial charge on any atom is -0.448 e. The van der Waals surface area contributed by atoms with E-state index in [2.05, 4.69) is 10.2 Å². The van der Waals surface area contributed by atoms with Gasteiger partial charge in [-0.15, -0.1) is 21.5 Å². The molecule has 2 heterocycles. The fourth-order valence-electron chi connectivity index (χ4n) is 1.91. The summed E-state index contributed by atoms with van der Waals surface area (Å²) in [5.41, 5.74) is 0.827. The van der Waals surface area contributed by atoms with E-state index in [4.69, 9.17) is 9.15 Å². The second-order valence-electron chi connectivity index (χ2n) is 4.77. The van der Waals surface area contributed by atoms with Gasteiger partial charge in [0.1, 0.15) is 4.88 Å². The number of carbonyl (C=O) groups is 1. The third kappa shape index (κ3) is 3.07. The van der Waals surface area contributed by atoms with Crippen LogP contribution in [0.25, 0.3) is 11.5 Å². The third-order valence-electron chi connectivity index (χ3n) is 3.03. The fraction of sp³-hybridized carbons (Fsp3) is 0.188. The molecule has 6 heteroatoms. The van der Waals surface area contributed by atoms with Crippen LogP contribution in [0, 0.1) is 6.92 Å². The summed E-state index contributed by atoms with van der Waals surface area (Å²) in [5, 5.41) is 7.94. The highest BCUT2D eigenvalue weighted by Crippen LogP contribution is 2.24. The lowest BCUT2D eigenvalue weighted by Gasteiger charge is -2.07. The van der Waals surface area contributed by atoms with Crippen molar-refractivity contribution in [1.82, 2.24) is 10.2 Å². The van der Waals surface area contributed by atoms with Gasteiger partial charge in [0.15, 0.2) is 6.10 Å². The predicted octanol–water partition coefficient (Wildman–Crippen LogP) is 4.02. The quantitative estimate of drug-likeness (QED) is 0.680. The van der Waals surface area contributed by atoms with E-state index in [1.54, 1.807) is 13.0 Å². The molecule has 1 atom stereocenters. The molecule has 0 bridgehead atoms. The molecule has 0 aliphatic carbocycles. The predicted molar refractivity (Wildman–Crippen MR) is 82.6 cm³/mol. The molecule has 0 N–H and O–H groups in total. The zero-order valence-corrected chi connectivity index (χ0v) is 13.0. The van der Waals surface area contributed by atoms with Crippen molar-refractivity contribution in [1.29, 1.82) is 0 Å². The molecule has 0 spiro atoms. The van der Waals surface area contributed by atoms with E-state index in [-0.39, 0.29) is 11.9 Å². The molecule has 112 valence electrons. The fourth-order valence-corrected chi connectivity index (χ4v) is 2.66. The van der Waals surface area contributed by atoms with Gasteiger partial charge in [-0.1, -0.05) is 18.2 Å². The molecule has 0 amide bonds. The molecule has 22 heavy (non-hydrogen) atoms. The summed E-state index contributed by atoms with van der Waals surface area (Å²) in [6.07, 6.45) is -0.597. The van der Waals surface area contributed by atoms with E-state index in [0.717, 1.165) is 10.4 Å². The summed E-state index contributed by atoms with van der Waals surface area (Å²) >= 11 is 1.39. The normalized spacial score (nSPS) is 12.1. The first-order valence-electron chi connectivity index (χ1n) is 6.80. The minimum atomic E-state index is -0.597. The van der Waals surface area contributed by atoms with Crippen LogP contribution in [0.1, 0.15) is 33.5 Å². The van der Waals surface area contributed by atoms with Crippen LogP contribution < -0.4 is 0 Å². The van der Waals surface area contributed by atoms with Crippen molar-refractivity contribution in [2.75, 3.05) is 0 Å². The van der Waals surface area contributed by atoms with Gasteiger partial charge in [-0.3, -0.25) is 0 Å². The van der Waals surface area contributed by atoms with Gasteiger partial charge in [0.05, 0.1) is 0 Å². The molecule has 0 fully saturated rings. The topological polar surface area (TPSA) is 65.2 Å². The molecule has 0 saturated carbocycles. The van der Waals surface area contributed by atoms with Gasteiger partial charge < -0.3 is 9.15 Å². The van der Waals surface area contributed by atoms with Crippen molar-refractivity contribution in [2.45, 2.75) is 20.0 Å². The molecule has 0 saturated heterocycles. The molecular formula is C16H14N2O3S. The van der Waals surface area contributed by atoms with Crippen LogP contribution in [0.5, 0.6) is 0 Å². The molecule has 3 rings (SSSR count). The standard InChI is InChI=1S/C16H14N2O3S/c1-10-8-9-13(22-10)16(19)20-11(2)14-17-18-15(21-14)12-6-4-3-5-7-12/h3-9,11H,1-2H3. The van der Waals surface area contributed by atoms with E-state index in [9.17, 15) is 4.79 Å². The van der Waals surface area contributed by atoms with Gasteiger partial charge in [-0.25, -0.2) is 4.79 Å². The monoisotopic (exact) mass is 314 g/mol. The Labute approximate surface area is 131 Å². The summed E-state index contributed by atoms with van der Waals surface area (Å²) < 4.78 is 10.9. The van der Waals surface area contributed by atoms with Crippen LogP contribution in [0.4, 0.5) is 0 Å². The lowest BCUT2D eigenvalue weighted by Crippen LogP contribution is -2.08. The van der Waals surface area contributed by atoms with Gasteiger partial charge in [0.25, 0.3) is 5.89 Å². The van der Waals surface area contributed by atoms with Crippen molar-refractivity contribution < 1.29 is 13.9 Å². The second-order valence-corrected chi connectivity index (χ2v) is 6.06. The Balaban J connectivity index is 1.72. The maximum Gasteiger partial charge on any atom is 0.349 e. The van der Waals surface area contributed by atoms with E-state index in [0.29, 0.717) is 10.8 Å². The minimum absolute atomic E-state index is 0.278. The highest BCUT2D eigenvalue weighted by molar-refractivity contribution is 7.13. The highest BCUT2D eigenvalue weighted by Gasteiger charge is 2.20. The molecular weight excluding hydrogens is 300 g/mol. The number of thiophene rings is 1. The Hall–Kier alpha value is -2.47. The number of nitrogens with zero attached hydrogens (tertiary/aromatic N) is 2. The molecule has 0 aliphatic heterocycles. The summed E-state index contributed by atoms with van der Waals surface area (Å²) in [7, 11) is 0. The maximum atomic E-state index is 12.0. The van der Waals surface area contributed by atoms with Crippen molar-refractivity contribution in [3.8, 4) is 11.5 Å². The van der Waals surface area contributed by atoms with Crippen LogP contribution in [-0.4, -0.2) is 16.2 Å². The second kappa shape index (κ2) is 6.11. The van der Waals surface area contributed by atoms with E-state index in [1.807, 2.05) is 43.3 Å². The third-order valence-corrected chi connectivity index (χ3v) is 4.02. The summed E-state index contributed by atoms with van der Waals surface area (Å²) in [6, 6.07) is 13.1. The maximum absolute atomic E-state index is 12.0. The Bertz CT molecular complexity index is 780. The lowest BCUT2D eigenvalue weighted by atomic mass is 10.2. The first-order chi connectivity index (χ1) is 10.6. The number of benzene rings is 1. The van der Waals surface area contributed by atoms with Gasteiger partial charge in [0, 0.05) is 10.4 Å². The van der Waals surface area contributed by atoms with Crippen LogP contribution in [0.3, 0.4) is 0 Å². The van der Waals surface area contributed by atoms with Crippen LogP contribution in [0.15, 0.2) is 46.9 Å². The highest BCUT2D eigenvalue weighted by atomic mass is 32.1. The molecule has 1 aromatic carbocycles. The number of ether oxygens (including phenoxy) is 1. The number of hydrogen-bond acceptors (Lipinski definition) is 6. The van der Waals surface area contributed by atoms with E-state index >= 15 is 0 Å². The van der Waals surface area contributed by atoms with Gasteiger partial charge in [0.2, 0.25) is 5.89 Å². The van der Waals surface area contributed by atoms with Crippen LogP contribution in [-0.2, 0) is 4.74 Å². The van der Waals surface area contributed by atoms with Gasteiger partial charge >= 0.3 is 5.97 Å². The number of esters is 1. The van der Waals surface area contributed by atoms with Crippen molar-refractivity contribution in [3.05, 3.63) is 58.1 Å². The van der Waals surface area contributed by atoms with Gasteiger partial charge in [-0.05, 0) is 38.1 Å². The zero-order valence-electron chi connectivity index (χ0n) is 12.1. The van der Waals surface area contributed by atoms with Crippen LogP contribution in [0.2, 0.25) is 0 Å². The average molecular weight is 314 g/mol. The van der Waals surface area contributed by atoms with E-state index < -0.39 is 6.10 Å². The Morgan fingerprint density at radius 2 is 1.95 bits per heavy atom. The number of rotatable bonds is 4. The molecule has 0 radical (unpaired) electrons. The first-order valence-corrected chi connectivity index (χ1v) is 7.61. The molecule has 1 unspecified atom stereocenters. The molecule has 3 aromatic rings. The smallest absolute Gasteiger partial charge is 0.349 e. The number of aromatic nitrogens is 2. The Morgan fingerprint density at radius 1 is 1.18 bits per heavy atom. The number of aryl methyl sites for hydroxylation is 1. The summed E-state index contributed by atoms with van der Waals surface area (Å²) in [5.74, 6) is 0.302. The van der Waals surface area contributed by atoms with Crippen molar-refractivity contribution >= 4 is 17.3 Å². The summed E-state index contributed by atoms with van der Waals surface area (Å²) in [4.78, 5) is 13.6. The average Bonchev–Trinajstić information content (AvgIpc) is 3.17. The summed E-state index contributed by atoms with van der Waals surface area (Å²) in [6.45, 7) is 3.65. The van der Waals surface area contributed by atoms with Gasteiger partial charge in [-0.2, -0.15) is 0 Å². The lowest BCUT2D eigenvalue weighted by molar-refractivity contribution is 0.0285. The van der Waals surface area contributed by atoms with E-state index in [1.165, 1.54) is 11.3 Å². The van der Waals surface area contributed by atoms with Crippen molar-refractivity contribution in [2.24, 2.45) is 0 Å². The zero-order chi connectivity index (χ0) is 15.5. The largest absolute Gasteiger partial charge is 0.448 e. The molecule has 5 nitrogen and oxygen atoms in total. The Kier molecular flexibility index (Phi) is 4.02. The SMILES string of the molecule is Cc1ccc(C(=O)OC(C)c2nnc(-c3ccccc3)o2)s1. The molecule has 2 aromatic heterocycles. The first kappa shape index (κ1) is 14.5. The Morgan fingerprint density at radius 3 is 2.64 bits per heavy atom. The van der Waals surface area contributed by atoms with Crippen LogP contribution >= 0.6 is 11.3 Å². The number of hydrogen-bond donors (Lipinski definition) is 0. The van der Waals surface area contributed by atoms with Crippen molar-refractivity contribution in [3.63, 3.8) is 0 Å². The molecule has 0 aliphatic rings.